The summed E-state index contributed by atoms with van der Waals surface area (Å²) >= 11 is 0. The van der Waals surface area contributed by atoms with Gasteiger partial charge in [0.2, 0.25) is 0 Å². The van der Waals surface area contributed by atoms with Gasteiger partial charge in [-0.2, -0.15) is 0 Å². The summed E-state index contributed by atoms with van der Waals surface area (Å²) in [6.45, 7) is 8.19. The molecular formula is C48H92N+. The Balaban J connectivity index is 2.30. The van der Waals surface area contributed by atoms with Crippen LogP contribution in [-0.4, -0.2) is 0 Å². The number of aryl methyl sites for hydroxylation is 2. The summed E-state index contributed by atoms with van der Waals surface area (Å²) < 4.78 is 2.69. The Morgan fingerprint density at radius 3 is 0.959 bits per heavy atom. The van der Waals surface area contributed by atoms with Crippen LogP contribution in [-0.2, 0) is 19.4 Å². The minimum Gasteiger partial charge on any atom is -0.202 e. The molecule has 0 radical (unpaired) electrons. The fourth-order valence-electron chi connectivity index (χ4n) is 7.96. The first-order chi connectivity index (χ1) is 24.3. The molecule has 1 rings (SSSR count). The van der Waals surface area contributed by atoms with E-state index >= 15 is 0 Å². The van der Waals surface area contributed by atoms with Crippen LogP contribution in [0.15, 0.2) is 18.3 Å². The zero-order chi connectivity index (χ0) is 35.1. The van der Waals surface area contributed by atoms with Crippen molar-refractivity contribution in [2.75, 3.05) is 0 Å². The first-order valence-corrected chi connectivity index (χ1v) is 23.3. The Labute approximate surface area is 311 Å². The van der Waals surface area contributed by atoms with E-state index in [1.165, 1.54) is 257 Å². The molecule has 0 spiro atoms. The van der Waals surface area contributed by atoms with Crippen LogP contribution in [0.4, 0.5) is 0 Å². The number of hydrogen-bond donors (Lipinski definition) is 0. The van der Waals surface area contributed by atoms with E-state index in [2.05, 4.69) is 43.7 Å². The summed E-state index contributed by atoms with van der Waals surface area (Å²) in [6, 6.07) is 4.84. The molecule has 0 aliphatic carbocycles. The molecule has 0 N–H and O–H groups in total. The molecule has 288 valence electrons. The minimum absolute atomic E-state index is 1.23. The Hall–Kier alpha value is -0.850. The van der Waals surface area contributed by atoms with E-state index in [4.69, 9.17) is 0 Å². The third kappa shape index (κ3) is 30.5. The third-order valence-corrected chi connectivity index (χ3v) is 11.4. The Morgan fingerprint density at radius 1 is 0.327 bits per heavy atom. The smallest absolute Gasteiger partial charge is 0.184 e. The predicted molar refractivity (Wildman–Crippen MR) is 222 cm³/mol. The van der Waals surface area contributed by atoms with Crippen molar-refractivity contribution in [3.8, 4) is 0 Å². The summed E-state index contributed by atoms with van der Waals surface area (Å²) in [7, 11) is 0. The number of unbranched alkanes of at least 4 members (excludes halogenated alkanes) is 34. The Morgan fingerprint density at radius 2 is 0.612 bits per heavy atom. The van der Waals surface area contributed by atoms with Crippen LogP contribution in [0.3, 0.4) is 0 Å². The average molecular weight is 683 g/mol. The first-order valence-electron chi connectivity index (χ1n) is 23.3. The highest BCUT2D eigenvalue weighted by Crippen LogP contribution is 2.18. The lowest BCUT2D eigenvalue weighted by Gasteiger charge is -2.11. The topological polar surface area (TPSA) is 3.88 Å². The normalized spacial score (nSPS) is 11.6. The summed E-state index contributed by atoms with van der Waals surface area (Å²) in [5, 5.41) is 0. The second-order valence-corrected chi connectivity index (χ2v) is 16.2. The monoisotopic (exact) mass is 683 g/mol. The summed E-state index contributed by atoms with van der Waals surface area (Å²) in [5.74, 6) is 0. The van der Waals surface area contributed by atoms with Crippen LogP contribution >= 0.6 is 0 Å². The molecular weight excluding hydrogens is 591 g/mol. The van der Waals surface area contributed by atoms with Crippen molar-refractivity contribution >= 4 is 0 Å². The quantitative estimate of drug-likeness (QED) is 0.0479. The number of rotatable bonds is 40. The van der Waals surface area contributed by atoms with Crippen LogP contribution < -0.4 is 4.57 Å². The van der Waals surface area contributed by atoms with Crippen molar-refractivity contribution in [3.05, 3.63) is 29.6 Å². The van der Waals surface area contributed by atoms with Gasteiger partial charge in [-0.25, -0.2) is 4.57 Å². The van der Waals surface area contributed by atoms with Gasteiger partial charge in [-0.05, 0) is 31.7 Å². The van der Waals surface area contributed by atoms with E-state index in [0.29, 0.717) is 0 Å². The van der Waals surface area contributed by atoms with Crippen molar-refractivity contribution in [1.29, 1.82) is 0 Å². The molecule has 0 aliphatic heterocycles. The molecule has 0 amide bonds. The maximum Gasteiger partial charge on any atom is 0.184 e. The minimum atomic E-state index is 1.23. The average Bonchev–Trinajstić information content (AvgIpc) is 3.11. The highest BCUT2D eigenvalue weighted by Gasteiger charge is 2.15. The van der Waals surface area contributed by atoms with Gasteiger partial charge < -0.3 is 0 Å². The van der Waals surface area contributed by atoms with Crippen LogP contribution in [0.5, 0.6) is 0 Å². The van der Waals surface area contributed by atoms with Gasteiger partial charge in [-0.3, -0.25) is 0 Å². The van der Waals surface area contributed by atoms with Gasteiger partial charge in [0.15, 0.2) is 11.9 Å². The van der Waals surface area contributed by atoms with Crippen molar-refractivity contribution in [2.24, 2.45) is 0 Å². The van der Waals surface area contributed by atoms with Crippen molar-refractivity contribution in [3.63, 3.8) is 0 Å². The molecule has 0 bridgehead atoms. The molecule has 1 heterocycles. The highest BCUT2D eigenvalue weighted by atomic mass is 15.0. The molecule has 0 saturated heterocycles. The lowest BCUT2D eigenvalue weighted by molar-refractivity contribution is -0.705. The fraction of sp³-hybridized carbons (Fsp3) is 0.896. The molecule has 1 aromatic heterocycles. The zero-order valence-corrected chi connectivity index (χ0v) is 34.5. The molecule has 1 aromatic rings. The van der Waals surface area contributed by atoms with Crippen LogP contribution in [0, 0.1) is 0 Å². The van der Waals surface area contributed by atoms with Gasteiger partial charge in [0.05, 0.1) is 0 Å². The zero-order valence-electron chi connectivity index (χ0n) is 34.5. The van der Waals surface area contributed by atoms with Crippen LogP contribution in [0.2, 0.25) is 0 Å². The highest BCUT2D eigenvalue weighted by molar-refractivity contribution is 5.16. The van der Waals surface area contributed by atoms with Crippen LogP contribution in [0.25, 0.3) is 0 Å². The third-order valence-electron chi connectivity index (χ3n) is 11.4. The second kappa shape index (κ2) is 38.4. The molecule has 0 aliphatic rings. The molecule has 1 heteroatoms. The maximum atomic E-state index is 2.69. The summed E-state index contributed by atoms with van der Waals surface area (Å²) in [5.41, 5.74) is 3.36. The van der Waals surface area contributed by atoms with E-state index in [-0.39, 0.29) is 0 Å². The van der Waals surface area contributed by atoms with E-state index in [0.717, 1.165) is 0 Å². The predicted octanol–water partition coefficient (Wildman–Crippen LogP) is 16.6. The first kappa shape index (κ1) is 46.2. The molecule has 1 nitrogen and oxygen atoms in total. The largest absolute Gasteiger partial charge is 0.202 e. The van der Waals surface area contributed by atoms with Gasteiger partial charge in [0, 0.05) is 24.5 Å². The Kier molecular flexibility index (Phi) is 36.2. The standard InChI is InChI=1S/C48H92N/c1-4-7-10-13-16-19-22-23-24-25-26-27-28-31-34-37-40-45-49-46-41-43-47(42-38-35-32-29-20-17-14-11-8-5-2)48(49)44-39-36-33-30-21-18-15-12-9-6-3/h41,43,46H,4-40,42,44-45H2,1-3H3/q+1. The number of nitrogens with zero attached hydrogens (tertiary/aromatic N) is 1. The number of hydrogen-bond acceptors (Lipinski definition) is 0. The lowest BCUT2D eigenvalue weighted by atomic mass is 9.99. The van der Waals surface area contributed by atoms with Gasteiger partial charge in [-0.15, -0.1) is 0 Å². The SMILES string of the molecule is CCCCCCCCCCCCCCCCCCC[n+]1cccc(CCCCCCCCCCCC)c1CCCCCCCCCCCC. The fourth-order valence-corrected chi connectivity index (χ4v) is 7.96. The van der Waals surface area contributed by atoms with E-state index in [1.54, 1.807) is 11.3 Å². The number of aromatic nitrogens is 1. The van der Waals surface area contributed by atoms with Gasteiger partial charge >= 0.3 is 0 Å². The van der Waals surface area contributed by atoms with E-state index < -0.39 is 0 Å². The van der Waals surface area contributed by atoms with Gasteiger partial charge in [0.1, 0.15) is 6.54 Å². The van der Waals surface area contributed by atoms with E-state index in [1.807, 2.05) is 0 Å². The summed E-state index contributed by atoms with van der Waals surface area (Å²) in [6.07, 6.45) is 58.3. The van der Waals surface area contributed by atoms with Gasteiger partial charge in [0.25, 0.3) is 0 Å². The second-order valence-electron chi connectivity index (χ2n) is 16.2. The van der Waals surface area contributed by atoms with E-state index in [9.17, 15) is 0 Å². The van der Waals surface area contributed by atoms with Crippen LogP contribution in [0.1, 0.15) is 270 Å². The van der Waals surface area contributed by atoms with Crippen molar-refractivity contribution in [1.82, 2.24) is 0 Å². The molecule has 0 saturated carbocycles. The lowest BCUT2D eigenvalue weighted by Crippen LogP contribution is -2.39. The summed E-state index contributed by atoms with van der Waals surface area (Å²) in [4.78, 5) is 0. The maximum absolute atomic E-state index is 2.69. The van der Waals surface area contributed by atoms with Gasteiger partial charge in [-0.1, -0.05) is 233 Å². The number of pyridine rings is 1. The van der Waals surface area contributed by atoms with Crippen molar-refractivity contribution in [2.45, 2.75) is 278 Å². The van der Waals surface area contributed by atoms with Crippen molar-refractivity contribution < 1.29 is 4.57 Å². The molecule has 0 unspecified atom stereocenters. The Bertz CT molecular complexity index is 768. The molecule has 49 heavy (non-hydrogen) atoms. The molecule has 0 atom stereocenters. The molecule has 0 fully saturated rings. The molecule has 0 aromatic carbocycles.